The monoisotopic (exact) mass is 344 g/mol. The van der Waals surface area contributed by atoms with E-state index < -0.39 is 16.4 Å². The standard InChI is InChI=1S/C19H44OSi2/c1-10-21(11-2,12-3)16-14-13-15-20-22(17(4)5,18(6)7)19(8)9/h17-19H,10-16H2,1-9H3. The zero-order chi connectivity index (χ0) is 17.4. The van der Waals surface area contributed by atoms with Crippen molar-refractivity contribution in [2.45, 2.75) is 116 Å². The van der Waals surface area contributed by atoms with Crippen molar-refractivity contribution in [2.75, 3.05) is 6.61 Å². The van der Waals surface area contributed by atoms with Gasteiger partial charge < -0.3 is 4.43 Å². The van der Waals surface area contributed by atoms with Crippen LogP contribution in [0.5, 0.6) is 0 Å². The summed E-state index contributed by atoms with van der Waals surface area (Å²) in [5, 5.41) is 0. The van der Waals surface area contributed by atoms with E-state index in [1.807, 2.05) is 0 Å². The number of rotatable bonds is 12. The van der Waals surface area contributed by atoms with Crippen LogP contribution in [0.1, 0.15) is 75.2 Å². The maximum absolute atomic E-state index is 6.68. The molecule has 1 nitrogen and oxygen atoms in total. The summed E-state index contributed by atoms with van der Waals surface area (Å²) >= 11 is 0. The zero-order valence-electron chi connectivity index (χ0n) is 17.1. The largest absolute Gasteiger partial charge is 0.416 e. The third-order valence-corrected chi connectivity index (χ3v) is 18.4. The van der Waals surface area contributed by atoms with Gasteiger partial charge >= 0.3 is 0 Å². The molecule has 0 bridgehead atoms. The highest BCUT2D eigenvalue weighted by molar-refractivity contribution is 6.79. The smallest absolute Gasteiger partial charge is 0.200 e. The Labute approximate surface area is 143 Å². The predicted molar refractivity (Wildman–Crippen MR) is 108 cm³/mol. The highest BCUT2D eigenvalue weighted by atomic mass is 28.4. The minimum absolute atomic E-state index is 0.711. The molecule has 0 amide bonds. The Hall–Kier alpha value is 0.394. The molecule has 0 aromatic heterocycles. The van der Waals surface area contributed by atoms with E-state index in [9.17, 15) is 0 Å². The Morgan fingerprint density at radius 2 is 1.09 bits per heavy atom. The molecule has 0 saturated heterocycles. The molecule has 0 heterocycles. The van der Waals surface area contributed by atoms with Crippen molar-refractivity contribution in [2.24, 2.45) is 0 Å². The van der Waals surface area contributed by atoms with Crippen LogP contribution in [0, 0.1) is 0 Å². The van der Waals surface area contributed by atoms with E-state index in [1.54, 1.807) is 0 Å². The van der Waals surface area contributed by atoms with Crippen LogP contribution in [0.15, 0.2) is 0 Å². The number of hydrogen-bond acceptors (Lipinski definition) is 1. The number of hydrogen-bond donors (Lipinski definition) is 0. The fraction of sp³-hybridized carbons (Fsp3) is 1.00. The van der Waals surface area contributed by atoms with Crippen LogP contribution in [0.4, 0.5) is 0 Å². The first-order chi connectivity index (χ1) is 10.2. The first kappa shape index (κ1) is 22.4. The lowest BCUT2D eigenvalue weighted by molar-refractivity contribution is 0.271. The zero-order valence-corrected chi connectivity index (χ0v) is 19.1. The fourth-order valence-corrected chi connectivity index (χ4v) is 13.7. The molecule has 0 aromatic carbocycles. The van der Waals surface area contributed by atoms with E-state index >= 15 is 0 Å². The average Bonchev–Trinajstić information content (AvgIpc) is 2.46. The summed E-state index contributed by atoms with van der Waals surface area (Å²) in [6.07, 6.45) is 2.66. The third-order valence-electron chi connectivity index (χ3n) is 6.41. The van der Waals surface area contributed by atoms with Crippen LogP contribution in [-0.4, -0.2) is 23.0 Å². The van der Waals surface area contributed by atoms with Gasteiger partial charge in [-0.05, 0) is 23.0 Å². The van der Waals surface area contributed by atoms with Crippen LogP contribution in [0.25, 0.3) is 0 Å². The van der Waals surface area contributed by atoms with Gasteiger partial charge in [0.15, 0.2) is 8.32 Å². The van der Waals surface area contributed by atoms with Gasteiger partial charge in [-0.3, -0.25) is 0 Å². The lowest BCUT2D eigenvalue weighted by Gasteiger charge is -2.42. The van der Waals surface area contributed by atoms with Crippen molar-refractivity contribution >= 4 is 16.4 Å². The molecule has 0 unspecified atom stereocenters. The van der Waals surface area contributed by atoms with Gasteiger partial charge in [0, 0.05) is 6.61 Å². The van der Waals surface area contributed by atoms with Gasteiger partial charge in [0.2, 0.25) is 0 Å². The molecule has 0 aliphatic rings. The van der Waals surface area contributed by atoms with Crippen LogP contribution >= 0.6 is 0 Å². The second-order valence-electron chi connectivity index (χ2n) is 8.18. The molecule has 0 fully saturated rings. The van der Waals surface area contributed by atoms with Gasteiger partial charge in [0.05, 0.1) is 8.07 Å². The molecule has 3 heteroatoms. The predicted octanol–water partition coefficient (Wildman–Crippen LogP) is 7.47. The van der Waals surface area contributed by atoms with Gasteiger partial charge in [-0.1, -0.05) is 92.9 Å². The summed E-state index contributed by atoms with van der Waals surface area (Å²) in [5.41, 5.74) is 2.13. The molecule has 0 N–H and O–H groups in total. The van der Waals surface area contributed by atoms with Crippen molar-refractivity contribution < 1.29 is 4.43 Å². The summed E-state index contributed by atoms with van der Waals surface area (Å²) < 4.78 is 6.68. The summed E-state index contributed by atoms with van der Waals surface area (Å²) in [7, 11) is -2.56. The van der Waals surface area contributed by atoms with Crippen molar-refractivity contribution in [3.05, 3.63) is 0 Å². The second kappa shape index (κ2) is 10.3. The van der Waals surface area contributed by atoms with Crippen LogP contribution in [0.3, 0.4) is 0 Å². The van der Waals surface area contributed by atoms with E-state index in [0.29, 0.717) is 16.6 Å². The lowest BCUT2D eigenvalue weighted by atomic mass is 10.4. The maximum atomic E-state index is 6.68. The van der Waals surface area contributed by atoms with Gasteiger partial charge in [0.25, 0.3) is 0 Å². The van der Waals surface area contributed by atoms with Crippen molar-refractivity contribution in [1.82, 2.24) is 0 Å². The highest BCUT2D eigenvalue weighted by Gasteiger charge is 2.44. The quantitative estimate of drug-likeness (QED) is 0.263. The second-order valence-corrected chi connectivity index (χ2v) is 19.3. The molecule has 134 valence electrons. The molecule has 0 atom stereocenters. The van der Waals surface area contributed by atoms with E-state index in [0.717, 1.165) is 6.61 Å². The molecule has 0 aromatic rings. The van der Waals surface area contributed by atoms with Gasteiger partial charge in [-0.15, -0.1) is 0 Å². The molecule has 0 aliphatic heterocycles. The van der Waals surface area contributed by atoms with Crippen molar-refractivity contribution in [3.8, 4) is 0 Å². The summed E-state index contributed by atoms with van der Waals surface area (Å²) in [5.74, 6) is 0. The van der Waals surface area contributed by atoms with E-state index in [4.69, 9.17) is 4.43 Å². The highest BCUT2D eigenvalue weighted by Crippen LogP contribution is 2.42. The molecule has 0 radical (unpaired) electrons. The molecule has 0 saturated carbocycles. The minimum Gasteiger partial charge on any atom is -0.416 e. The summed E-state index contributed by atoms with van der Waals surface area (Å²) in [4.78, 5) is 0. The summed E-state index contributed by atoms with van der Waals surface area (Å²) in [6.45, 7) is 22.6. The summed E-state index contributed by atoms with van der Waals surface area (Å²) in [6, 6.07) is 5.90. The maximum Gasteiger partial charge on any atom is 0.200 e. The Kier molecular flexibility index (Phi) is 10.5. The van der Waals surface area contributed by atoms with Crippen LogP contribution < -0.4 is 0 Å². The number of unbranched alkanes of at least 4 members (excludes halogenated alkanes) is 1. The Bertz CT molecular complexity index is 253. The van der Waals surface area contributed by atoms with E-state index in [1.165, 1.54) is 37.0 Å². The Morgan fingerprint density at radius 1 is 0.682 bits per heavy atom. The molecule has 0 aliphatic carbocycles. The van der Waals surface area contributed by atoms with E-state index in [-0.39, 0.29) is 0 Å². The normalized spacial score (nSPS) is 13.6. The topological polar surface area (TPSA) is 9.23 Å². The van der Waals surface area contributed by atoms with Crippen molar-refractivity contribution in [1.29, 1.82) is 0 Å². The Morgan fingerprint density at radius 3 is 1.41 bits per heavy atom. The SMILES string of the molecule is CC[Si](CC)(CC)CCCCO[Si](C(C)C)(C(C)C)C(C)C. The molecule has 22 heavy (non-hydrogen) atoms. The molecule has 0 rings (SSSR count). The first-order valence-corrected chi connectivity index (χ1v) is 14.8. The van der Waals surface area contributed by atoms with E-state index in [2.05, 4.69) is 62.3 Å². The van der Waals surface area contributed by atoms with Crippen molar-refractivity contribution in [3.63, 3.8) is 0 Å². The molecule has 0 spiro atoms. The average molecular weight is 345 g/mol. The Balaban J connectivity index is 4.48. The molecular weight excluding hydrogens is 300 g/mol. The lowest BCUT2D eigenvalue weighted by Crippen LogP contribution is -2.48. The van der Waals surface area contributed by atoms with Gasteiger partial charge in [-0.2, -0.15) is 0 Å². The third kappa shape index (κ3) is 5.49. The fourth-order valence-electron chi connectivity index (χ4n) is 4.63. The first-order valence-electron chi connectivity index (χ1n) is 9.86. The minimum atomic E-state index is -1.64. The van der Waals surface area contributed by atoms with Gasteiger partial charge in [-0.25, -0.2) is 0 Å². The molecular formula is C19H44OSi2. The van der Waals surface area contributed by atoms with Gasteiger partial charge in [0.1, 0.15) is 0 Å². The van der Waals surface area contributed by atoms with Crippen LogP contribution in [-0.2, 0) is 4.43 Å². The van der Waals surface area contributed by atoms with Crippen LogP contribution in [0.2, 0.25) is 40.8 Å².